The van der Waals surface area contributed by atoms with Gasteiger partial charge >= 0.3 is 5.97 Å². The average molecular weight is 437 g/mol. The van der Waals surface area contributed by atoms with Gasteiger partial charge in [0.25, 0.3) is 11.8 Å². The number of amides is 2. The second-order valence-corrected chi connectivity index (χ2v) is 8.54. The Bertz CT molecular complexity index is 893. The lowest BCUT2D eigenvalue weighted by Gasteiger charge is -2.33. The average Bonchev–Trinajstić information content (AvgIpc) is 2.80. The summed E-state index contributed by atoms with van der Waals surface area (Å²) in [6, 6.07) is 18.8. The van der Waals surface area contributed by atoms with Gasteiger partial charge in [0.1, 0.15) is 0 Å². The van der Waals surface area contributed by atoms with Gasteiger partial charge in [0.2, 0.25) is 0 Å². The predicted octanol–water partition coefficient (Wildman–Crippen LogP) is 3.61. The van der Waals surface area contributed by atoms with Crippen LogP contribution in [0.3, 0.4) is 0 Å². The summed E-state index contributed by atoms with van der Waals surface area (Å²) in [5, 5.41) is 2.78. The van der Waals surface area contributed by atoms with Gasteiger partial charge in [0, 0.05) is 24.7 Å². The molecule has 3 rings (SSSR count). The molecule has 170 valence electrons. The van der Waals surface area contributed by atoms with Crippen molar-refractivity contribution in [1.82, 2.24) is 10.2 Å². The van der Waals surface area contributed by atoms with Crippen LogP contribution in [0.25, 0.3) is 0 Å². The number of nitrogens with one attached hydrogen (secondary N) is 1. The van der Waals surface area contributed by atoms with E-state index in [9.17, 15) is 14.4 Å². The van der Waals surface area contributed by atoms with Gasteiger partial charge in [-0.15, -0.1) is 0 Å². The number of carbonyl (C=O) groups is 3. The smallest absolute Gasteiger partial charge is 0.308 e. The maximum Gasteiger partial charge on any atom is 0.308 e. The Morgan fingerprint density at radius 1 is 0.969 bits per heavy atom. The second kappa shape index (κ2) is 11.5. The number of carbonyl (C=O) groups excluding carboxylic acids is 3. The van der Waals surface area contributed by atoms with Crippen LogP contribution in [0.2, 0.25) is 0 Å². The number of nitrogens with zero attached hydrogens (tertiary/aromatic N) is 1. The molecular formula is C26H32N2O4. The van der Waals surface area contributed by atoms with E-state index < -0.39 is 18.1 Å². The van der Waals surface area contributed by atoms with Crippen molar-refractivity contribution < 1.29 is 19.1 Å². The number of hydrogen-bond acceptors (Lipinski definition) is 4. The highest BCUT2D eigenvalue weighted by Crippen LogP contribution is 2.22. The fraction of sp³-hybridized carbons (Fsp3) is 0.423. The SMILES string of the molecule is CC(CC(=O)OC(C)C(=O)N1CCC(Cc2ccccc2)CC1)NC(=O)c1ccccc1. The van der Waals surface area contributed by atoms with E-state index in [1.807, 2.05) is 12.1 Å². The normalized spacial score (nSPS) is 16.1. The molecule has 0 saturated carbocycles. The minimum Gasteiger partial charge on any atom is -0.452 e. The van der Waals surface area contributed by atoms with Crippen LogP contribution in [0, 0.1) is 5.92 Å². The molecule has 32 heavy (non-hydrogen) atoms. The molecule has 2 aromatic rings. The Hall–Kier alpha value is -3.15. The van der Waals surface area contributed by atoms with Gasteiger partial charge in [-0.3, -0.25) is 14.4 Å². The van der Waals surface area contributed by atoms with Crippen molar-refractivity contribution in [3.05, 3.63) is 71.8 Å². The van der Waals surface area contributed by atoms with Gasteiger partial charge in [0.15, 0.2) is 6.10 Å². The van der Waals surface area contributed by atoms with Gasteiger partial charge in [-0.25, -0.2) is 0 Å². The fourth-order valence-electron chi connectivity index (χ4n) is 4.06. The summed E-state index contributed by atoms with van der Waals surface area (Å²) in [6.07, 6.45) is 2.11. The first kappa shape index (κ1) is 23.5. The molecule has 0 bridgehead atoms. The van der Waals surface area contributed by atoms with Crippen molar-refractivity contribution in [1.29, 1.82) is 0 Å². The zero-order valence-electron chi connectivity index (χ0n) is 18.8. The predicted molar refractivity (Wildman–Crippen MR) is 123 cm³/mol. The molecule has 1 heterocycles. The number of hydrogen-bond donors (Lipinski definition) is 1. The number of ether oxygens (including phenoxy) is 1. The highest BCUT2D eigenvalue weighted by Gasteiger charge is 2.28. The number of piperidine rings is 1. The summed E-state index contributed by atoms with van der Waals surface area (Å²) in [5.41, 5.74) is 1.86. The summed E-state index contributed by atoms with van der Waals surface area (Å²) in [5.74, 6) is -0.329. The third-order valence-corrected chi connectivity index (χ3v) is 5.84. The Balaban J connectivity index is 1.39. The molecule has 1 fully saturated rings. The largest absolute Gasteiger partial charge is 0.452 e. The molecule has 0 aliphatic carbocycles. The maximum absolute atomic E-state index is 12.7. The summed E-state index contributed by atoms with van der Waals surface area (Å²) in [7, 11) is 0. The molecule has 6 heteroatoms. The summed E-state index contributed by atoms with van der Waals surface area (Å²) < 4.78 is 5.36. The van der Waals surface area contributed by atoms with Crippen LogP contribution in [0.4, 0.5) is 0 Å². The molecule has 1 aliphatic rings. The molecular weight excluding hydrogens is 404 g/mol. The van der Waals surface area contributed by atoms with Crippen LogP contribution >= 0.6 is 0 Å². The van der Waals surface area contributed by atoms with Gasteiger partial charge in [0.05, 0.1) is 6.42 Å². The first-order chi connectivity index (χ1) is 15.4. The molecule has 1 N–H and O–H groups in total. The van der Waals surface area contributed by atoms with Crippen LogP contribution in [-0.4, -0.2) is 47.9 Å². The summed E-state index contributed by atoms with van der Waals surface area (Å²) in [4.78, 5) is 39.0. The number of esters is 1. The zero-order chi connectivity index (χ0) is 22.9. The van der Waals surface area contributed by atoms with E-state index in [4.69, 9.17) is 4.74 Å². The van der Waals surface area contributed by atoms with Crippen molar-refractivity contribution >= 4 is 17.8 Å². The molecule has 0 radical (unpaired) electrons. The molecule has 2 atom stereocenters. The summed E-state index contributed by atoms with van der Waals surface area (Å²) in [6.45, 7) is 4.72. The Morgan fingerprint density at radius 2 is 1.56 bits per heavy atom. The number of benzene rings is 2. The fourth-order valence-corrected chi connectivity index (χ4v) is 4.06. The lowest BCUT2D eigenvalue weighted by molar-refractivity contribution is -0.160. The third-order valence-electron chi connectivity index (χ3n) is 5.84. The lowest BCUT2D eigenvalue weighted by atomic mass is 9.90. The first-order valence-electron chi connectivity index (χ1n) is 11.3. The molecule has 2 unspecified atom stereocenters. The van der Waals surface area contributed by atoms with E-state index in [-0.39, 0.29) is 18.2 Å². The molecule has 2 aromatic carbocycles. The highest BCUT2D eigenvalue weighted by atomic mass is 16.5. The van der Waals surface area contributed by atoms with Crippen molar-refractivity contribution in [2.45, 2.75) is 51.7 Å². The van der Waals surface area contributed by atoms with Crippen LogP contribution in [0.5, 0.6) is 0 Å². The molecule has 6 nitrogen and oxygen atoms in total. The van der Waals surface area contributed by atoms with Gasteiger partial charge in [-0.1, -0.05) is 48.5 Å². The van der Waals surface area contributed by atoms with Gasteiger partial charge < -0.3 is 15.0 Å². The number of rotatable bonds is 8. The highest BCUT2D eigenvalue weighted by molar-refractivity contribution is 5.94. The van der Waals surface area contributed by atoms with E-state index in [2.05, 4.69) is 29.6 Å². The maximum atomic E-state index is 12.7. The van der Waals surface area contributed by atoms with Crippen LogP contribution in [0.1, 0.15) is 49.0 Å². The minimum atomic E-state index is -0.829. The van der Waals surface area contributed by atoms with Crippen molar-refractivity contribution in [3.63, 3.8) is 0 Å². The van der Waals surface area contributed by atoms with E-state index >= 15 is 0 Å². The molecule has 1 saturated heterocycles. The van der Waals surface area contributed by atoms with Crippen molar-refractivity contribution in [2.75, 3.05) is 13.1 Å². The van der Waals surface area contributed by atoms with E-state index in [0.29, 0.717) is 24.6 Å². The monoisotopic (exact) mass is 436 g/mol. The summed E-state index contributed by atoms with van der Waals surface area (Å²) >= 11 is 0. The van der Waals surface area contributed by atoms with Crippen LogP contribution < -0.4 is 5.32 Å². The minimum absolute atomic E-state index is 0.00927. The van der Waals surface area contributed by atoms with E-state index in [1.54, 1.807) is 43.0 Å². The van der Waals surface area contributed by atoms with Crippen molar-refractivity contribution in [3.8, 4) is 0 Å². The Labute approximate surface area is 189 Å². The molecule has 2 amide bonds. The number of likely N-dealkylation sites (tertiary alicyclic amines) is 1. The van der Waals surface area contributed by atoms with Crippen LogP contribution in [-0.2, 0) is 20.7 Å². The Morgan fingerprint density at radius 3 is 2.19 bits per heavy atom. The zero-order valence-corrected chi connectivity index (χ0v) is 18.8. The molecule has 0 spiro atoms. The topological polar surface area (TPSA) is 75.7 Å². The van der Waals surface area contributed by atoms with E-state index in [1.165, 1.54) is 5.56 Å². The molecule has 0 aromatic heterocycles. The standard InChI is InChI=1S/C26H32N2O4/c1-19(27-25(30)23-11-7-4-8-12-23)17-24(29)32-20(2)26(31)28-15-13-22(14-16-28)18-21-9-5-3-6-10-21/h3-12,19-20,22H,13-18H2,1-2H3,(H,27,30). The van der Waals surface area contributed by atoms with E-state index in [0.717, 1.165) is 19.3 Å². The molecule has 1 aliphatic heterocycles. The van der Waals surface area contributed by atoms with Crippen molar-refractivity contribution in [2.24, 2.45) is 5.92 Å². The van der Waals surface area contributed by atoms with Gasteiger partial charge in [-0.2, -0.15) is 0 Å². The van der Waals surface area contributed by atoms with Gasteiger partial charge in [-0.05, 0) is 56.7 Å². The lowest BCUT2D eigenvalue weighted by Crippen LogP contribution is -2.45. The van der Waals surface area contributed by atoms with Crippen LogP contribution in [0.15, 0.2) is 60.7 Å². The quantitative estimate of drug-likeness (QED) is 0.642. The first-order valence-corrected chi connectivity index (χ1v) is 11.3. The Kier molecular flexibility index (Phi) is 8.42. The second-order valence-electron chi connectivity index (χ2n) is 8.54. The third kappa shape index (κ3) is 6.94.